The van der Waals surface area contributed by atoms with Gasteiger partial charge in [-0.15, -0.1) is 0 Å². The molecule has 148 valence electrons. The van der Waals surface area contributed by atoms with Gasteiger partial charge in [0.15, 0.2) is 0 Å². The summed E-state index contributed by atoms with van der Waals surface area (Å²) in [4.78, 5) is 12.9. The first-order valence-electron chi connectivity index (χ1n) is 8.48. The summed E-state index contributed by atoms with van der Waals surface area (Å²) < 4.78 is 31.4. The quantitative estimate of drug-likeness (QED) is 0.639. The fourth-order valence-corrected chi connectivity index (χ4v) is 4.95. The third-order valence-electron chi connectivity index (χ3n) is 4.28. The molecule has 1 aromatic heterocycles. The Bertz CT molecular complexity index is 1180. The Morgan fingerprint density at radius 3 is 2.29 bits per heavy atom. The van der Waals surface area contributed by atoms with Gasteiger partial charge in [0.25, 0.3) is 15.6 Å². The smallest absolute Gasteiger partial charge is 0.283 e. The van der Waals surface area contributed by atoms with Crippen LogP contribution >= 0.6 is 23.2 Å². The Hall–Kier alpha value is -2.22. The van der Waals surface area contributed by atoms with Gasteiger partial charge in [0.2, 0.25) is 0 Å². The van der Waals surface area contributed by atoms with E-state index in [1.807, 2.05) is 19.9 Å². The first kappa shape index (κ1) is 20.5. The second-order valence-corrected chi connectivity index (χ2v) is 9.07. The van der Waals surface area contributed by atoms with Crippen molar-refractivity contribution in [3.63, 3.8) is 0 Å². The molecule has 3 rings (SSSR count). The van der Waals surface area contributed by atoms with Crippen LogP contribution in [0.1, 0.15) is 25.5 Å². The van der Waals surface area contributed by atoms with E-state index in [9.17, 15) is 13.2 Å². The van der Waals surface area contributed by atoms with Gasteiger partial charge < -0.3 is 0 Å². The van der Waals surface area contributed by atoms with Crippen LogP contribution in [-0.2, 0) is 17.1 Å². The van der Waals surface area contributed by atoms with E-state index < -0.39 is 15.6 Å². The van der Waals surface area contributed by atoms with Gasteiger partial charge in [-0.1, -0.05) is 55.2 Å². The number of anilines is 1. The van der Waals surface area contributed by atoms with Gasteiger partial charge in [-0.3, -0.25) is 14.2 Å². The van der Waals surface area contributed by atoms with Crippen molar-refractivity contribution < 1.29 is 8.42 Å². The molecule has 0 atom stereocenters. The SMILES string of the molecule is CC(C)c1c(NS(=O)(=O)c2cc(Cl)ccc2Cl)c(=O)n(-c2ccccc2)n1C. The summed E-state index contributed by atoms with van der Waals surface area (Å²) in [6, 6.07) is 13.1. The van der Waals surface area contributed by atoms with Crippen molar-refractivity contribution >= 4 is 38.9 Å². The molecule has 9 heteroatoms. The van der Waals surface area contributed by atoms with E-state index in [0.29, 0.717) is 11.4 Å². The molecule has 0 amide bonds. The van der Waals surface area contributed by atoms with Crippen LogP contribution in [0, 0.1) is 0 Å². The number of para-hydroxylation sites is 1. The zero-order valence-electron chi connectivity index (χ0n) is 15.5. The van der Waals surface area contributed by atoms with Gasteiger partial charge in [0, 0.05) is 12.1 Å². The number of sulfonamides is 1. The lowest BCUT2D eigenvalue weighted by atomic mass is 10.1. The molecule has 0 saturated carbocycles. The molecular weight excluding hydrogens is 421 g/mol. The molecule has 3 aromatic rings. The Labute approximate surface area is 173 Å². The largest absolute Gasteiger partial charge is 0.296 e. The lowest BCUT2D eigenvalue weighted by Crippen LogP contribution is -2.23. The van der Waals surface area contributed by atoms with Gasteiger partial charge in [-0.2, -0.15) is 0 Å². The van der Waals surface area contributed by atoms with Crippen molar-refractivity contribution in [1.82, 2.24) is 9.36 Å². The van der Waals surface area contributed by atoms with Crippen LogP contribution in [0.3, 0.4) is 0 Å². The maximum atomic E-state index is 13.1. The third-order valence-corrected chi connectivity index (χ3v) is 6.34. The minimum absolute atomic E-state index is 0.0160. The van der Waals surface area contributed by atoms with Crippen molar-refractivity contribution in [2.24, 2.45) is 7.05 Å². The van der Waals surface area contributed by atoms with Gasteiger partial charge in [0.1, 0.15) is 10.6 Å². The number of hydrogen-bond donors (Lipinski definition) is 1. The van der Waals surface area contributed by atoms with E-state index in [4.69, 9.17) is 23.2 Å². The summed E-state index contributed by atoms with van der Waals surface area (Å²) >= 11 is 12.0. The van der Waals surface area contributed by atoms with Crippen molar-refractivity contribution in [3.05, 3.63) is 74.6 Å². The van der Waals surface area contributed by atoms with Crippen molar-refractivity contribution in [2.45, 2.75) is 24.7 Å². The average Bonchev–Trinajstić information content (AvgIpc) is 2.87. The zero-order chi connectivity index (χ0) is 20.6. The molecule has 6 nitrogen and oxygen atoms in total. The van der Waals surface area contributed by atoms with Crippen LogP contribution in [0.2, 0.25) is 10.0 Å². The minimum atomic E-state index is -4.12. The zero-order valence-corrected chi connectivity index (χ0v) is 17.8. The van der Waals surface area contributed by atoms with Gasteiger partial charge in [-0.25, -0.2) is 13.1 Å². The summed E-state index contributed by atoms with van der Waals surface area (Å²) in [5, 5.41) is 0.242. The first-order valence-corrected chi connectivity index (χ1v) is 10.7. The van der Waals surface area contributed by atoms with E-state index in [-0.39, 0.29) is 26.5 Å². The van der Waals surface area contributed by atoms with Crippen LogP contribution in [0.4, 0.5) is 5.69 Å². The summed E-state index contributed by atoms with van der Waals surface area (Å²) in [5.41, 5.74) is 0.690. The maximum absolute atomic E-state index is 13.1. The normalized spacial score (nSPS) is 11.8. The van der Waals surface area contributed by atoms with Crippen LogP contribution in [0.5, 0.6) is 0 Å². The van der Waals surface area contributed by atoms with Crippen molar-refractivity contribution in [2.75, 3.05) is 4.72 Å². The molecule has 0 radical (unpaired) electrons. The molecule has 0 saturated heterocycles. The lowest BCUT2D eigenvalue weighted by molar-refractivity contribution is 0.594. The van der Waals surface area contributed by atoms with E-state index >= 15 is 0 Å². The fraction of sp³-hybridized carbons (Fsp3) is 0.211. The summed E-state index contributed by atoms with van der Waals surface area (Å²) in [7, 11) is -2.41. The number of benzene rings is 2. The lowest BCUT2D eigenvalue weighted by Gasteiger charge is -2.13. The number of aromatic nitrogens is 2. The highest BCUT2D eigenvalue weighted by Crippen LogP contribution is 2.29. The predicted octanol–water partition coefficient (Wildman–Crippen LogP) is 4.41. The fourth-order valence-electron chi connectivity index (χ4n) is 3.11. The average molecular weight is 440 g/mol. The standard InChI is InChI=1S/C19H19Cl2N3O3S/c1-12(2)18-17(19(25)24(23(18)3)14-7-5-4-6-8-14)22-28(26,27)16-11-13(20)9-10-15(16)21/h4-12,22H,1-3H3. The molecule has 0 aliphatic carbocycles. The van der Waals surface area contributed by atoms with Gasteiger partial charge >= 0.3 is 0 Å². The Morgan fingerprint density at radius 1 is 1.04 bits per heavy atom. The van der Waals surface area contributed by atoms with Crippen LogP contribution in [0.25, 0.3) is 5.69 Å². The number of rotatable bonds is 5. The van der Waals surface area contributed by atoms with Crippen LogP contribution < -0.4 is 10.3 Å². The highest BCUT2D eigenvalue weighted by Gasteiger charge is 2.27. The number of hydrogen-bond acceptors (Lipinski definition) is 3. The monoisotopic (exact) mass is 439 g/mol. The summed E-state index contributed by atoms with van der Waals surface area (Å²) in [5.74, 6) is -0.116. The second-order valence-electron chi connectivity index (χ2n) is 6.57. The Kier molecular flexibility index (Phi) is 5.61. The van der Waals surface area contributed by atoms with E-state index in [1.54, 1.807) is 36.0 Å². The number of nitrogens with zero attached hydrogens (tertiary/aromatic N) is 2. The molecule has 0 spiro atoms. The minimum Gasteiger partial charge on any atom is -0.283 e. The molecule has 0 aliphatic rings. The highest BCUT2D eigenvalue weighted by molar-refractivity contribution is 7.92. The highest BCUT2D eigenvalue weighted by atomic mass is 35.5. The molecule has 0 unspecified atom stereocenters. The summed E-state index contributed by atoms with van der Waals surface area (Å²) in [6.45, 7) is 3.77. The Balaban J connectivity index is 2.20. The number of nitrogens with one attached hydrogen (secondary N) is 1. The topological polar surface area (TPSA) is 73.1 Å². The van der Waals surface area contributed by atoms with E-state index in [2.05, 4.69) is 4.72 Å². The van der Waals surface area contributed by atoms with Crippen LogP contribution in [-0.4, -0.2) is 17.8 Å². The maximum Gasteiger partial charge on any atom is 0.296 e. The first-order chi connectivity index (χ1) is 13.1. The molecule has 1 N–H and O–H groups in total. The van der Waals surface area contributed by atoms with Crippen molar-refractivity contribution in [3.8, 4) is 5.69 Å². The molecular formula is C19H19Cl2N3O3S. The molecule has 0 aliphatic heterocycles. The molecule has 0 fully saturated rings. The van der Waals surface area contributed by atoms with E-state index in [0.717, 1.165) is 0 Å². The molecule has 1 heterocycles. The molecule has 2 aromatic carbocycles. The third kappa shape index (κ3) is 3.70. The number of halogens is 2. The summed E-state index contributed by atoms with van der Waals surface area (Å²) in [6.07, 6.45) is 0. The van der Waals surface area contributed by atoms with Crippen LogP contribution in [0.15, 0.2) is 58.2 Å². The van der Waals surface area contributed by atoms with Gasteiger partial charge in [0.05, 0.1) is 16.4 Å². The predicted molar refractivity (Wildman–Crippen MR) is 112 cm³/mol. The van der Waals surface area contributed by atoms with E-state index in [1.165, 1.54) is 22.9 Å². The second kappa shape index (κ2) is 7.66. The Morgan fingerprint density at radius 2 is 1.68 bits per heavy atom. The van der Waals surface area contributed by atoms with Gasteiger partial charge in [-0.05, 0) is 36.2 Å². The van der Waals surface area contributed by atoms with Crippen molar-refractivity contribution in [1.29, 1.82) is 0 Å². The molecule has 28 heavy (non-hydrogen) atoms. The molecule has 0 bridgehead atoms.